The quantitative estimate of drug-likeness (QED) is 0.872. The van der Waals surface area contributed by atoms with Gasteiger partial charge < -0.3 is 15.2 Å². The first-order valence-electron chi connectivity index (χ1n) is 6.81. The molecule has 0 bridgehead atoms. The molecule has 0 unspecified atom stereocenters. The Labute approximate surface area is 108 Å². The van der Waals surface area contributed by atoms with E-state index < -0.39 is 0 Å². The van der Waals surface area contributed by atoms with Gasteiger partial charge in [0.2, 0.25) is 11.8 Å². The minimum absolute atomic E-state index is 0.471. The summed E-state index contributed by atoms with van der Waals surface area (Å²) in [5, 5.41) is 0. The van der Waals surface area contributed by atoms with Crippen molar-refractivity contribution in [1.29, 1.82) is 0 Å². The Morgan fingerprint density at radius 1 is 1.22 bits per heavy atom. The molecule has 0 atom stereocenters. The maximum absolute atomic E-state index is 5.77. The first-order chi connectivity index (χ1) is 8.79. The first kappa shape index (κ1) is 13.0. The van der Waals surface area contributed by atoms with Crippen molar-refractivity contribution in [2.45, 2.75) is 39.0 Å². The molecule has 1 heterocycles. The molecule has 4 heteroatoms. The molecule has 18 heavy (non-hydrogen) atoms. The molecule has 0 aliphatic heterocycles. The van der Waals surface area contributed by atoms with Crippen molar-refractivity contribution in [3.05, 3.63) is 12.1 Å². The van der Waals surface area contributed by atoms with Crippen molar-refractivity contribution in [3.8, 4) is 11.8 Å². The summed E-state index contributed by atoms with van der Waals surface area (Å²) in [5.74, 6) is 1.76. The molecule has 2 rings (SSSR count). The molecule has 0 spiro atoms. The van der Waals surface area contributed by atoms with E-state index in [1.165, 1.54) is 32.1 Å². The molecule has 1 aromatic heterocycles. The Bertz CT molecular complexity index is 376. The Balaban J connectivity index is 1.90. The Morgan fingerprint density at radius 3 is 2.72 bits per heavy atom. The van der Waals surface area contributed by atoms with E-state index >= 15 is 0 Å². The predicted molar refractivity (Wildman–Crippen MR) is 71.9 cm³/mol. The molecule has 0 saturated heterocycles. The van der Waals surface area contributed by atoms with Gasteiger partial charge in [-0.05, 0) is 31.7 Å². The molecule has 1 saturated carbocycles. The number of nitrogens with zero attached hydrogens (tertiary/aromatic N) is 1. The summed E-state index contributed by atoms with van der Waals surface area (Å²) >= 11 is 0. The Hall–Kier alpha value is -1.45. The third-order valence-electron chi connectivity index (χ3n) is 3.34. The highest BCUT2D eigenvalue weighted by molar-refractivity contribution is 5.49. The van der Waals surface area contributed by atoms with Gasteiger partial charge in [0.05, 0.1) is 18.9 Å². The molecule has 4 nitrogen and oxygen atoms in total. The summed E-state index contributed by atoms with van der Waals surface area (Å²) in [4.78, 5) is 4.28. The van der Waals surface area contributed by atoms with Crippen LogP contribution in [0.2, 0.25) is 0 Å². The van der Waals surface area contributed by atoms with Crippen molar-refractivity contribution < 1.29 is 9.47 Å². The van der Waals surface area contributed by atoms with Crippen LogP contribution in [0.1, 0.15) is 39.0 Å². The maximum atomic E-state index is 5.77. The summed E-state index contributed by atoms with van der Waals surface area (Å²) < 4.78 is 11.1. The van der Waals surface area contributed by atoms with E-state index in [0.717, 1.165) is 6.61 Å². The second-order valence-corrected chi connectivity index (χ2v) is 4.79. The maximum Gasteiger partial charge on any atom is 0.240 e. The van der Waals surface area contributed by atoms with Crippen molar-refractivity contribution in [1.82, 2.24) is 4.98 Å². The van der Waals surface area contributed by atoms with E-state index in [1.54, 1.807) is 12.1 Å². The van der Waals surface area contributed by atoms with Gasteiger partial charge >= 0.3 is 0 Å². The van der Waals surface area contributed by atoms with Gasteiger partial charge in [-0.25, -0.2) is 0 Å². The zero-order valence-electron chi connectivity index (χ0n) is 11.0. The molecule has 2 N–H and O–H groups in total. The molecular weight excluding hydrogens is 228 g/mol. The number of hydrogen-bond acceptors (Lipinski definition) is 4. The standard InChI is InChI=1S/C14H22N2O2/c1-2-17-14-12(15)8-9-13(16-14)18-10-11-6-4-3-5-7-11/h8-9,11H,2-7,10,15H2,1H3. The molecule has 1 aliphatic rings. The number of ether oxygens (including phenoxy) is 2. The average Bonchev–Trinajstić information content (AvgIpc) is 2.41. The molecule has 0 radical (unpaired) electrons. The lowest BCUT2D eigenvalue weighted by molar-refractivity contribution is 0.200. The van der Waals surface area contributed by atoms with Gasteiger partial charge in [0, 0.05) is 6.07 Å². The van der Waals surface area contributed by atoms with Crippen LogP contribution in [0.4, 0.5) is 5.69 Å². The second-order valence-electron chi connectivity index (χ2n) is 4.79. The van der Waals surface area contributed by atoms with Crippen LogP contribution in [-0.4, -0.2) is 18.2 Å². The fourth-order valence-corrected chi connectivity index (χ4v) is 2.32. The average molecular weight is 250 g/mol. The third-order valence-corrected chi connectivity index (χ3v) is 3.34. The highest BCUT2D eigenvalue weighted by Gasteiger charge is 2.14. The molecule has 1 fully saturated rings. The van der Waals surface area contributed by atoms with Crippen LogP contribution in [-0.2, 0) is 0 Å². The Kier molecular flexibility index (Phi) is 4.67. The number of anilines is 1. The zero-order chi connectivity index (χ0) is 12.8. The number of nitrogens with two attached hydrogens (primary N) is 1. The lowest BCUT2D eigenvalue weighted by Crippen LogP contribution is -2.15. The fraction of sp³-hybridized carbons (Fsp3) is 0.643. The summed E-state index contributed by atoms with van der Waals surface area (Å²) in [5.41, 5.74) is 6.33. The van der Waals surface area contributed by atoms with E-state index in [-0.39, 0.29) is 0 Å². The van der Waals surface area contributed by atoms with Crippen molar-refractivity contribution in [3.63, 3.8) is 0 Å². The van der Waals surface area contributed by atoms with Gasteiger partial charge in [0.1, 0.15) is 0 Å². The number of rotatable bonds is 5. The van der Waals surface area contributed by atoms with Gasteiger partial charge in [0.25, 0.3) is 0 Å². The summed E-state index contributed by atoms with van der Waals surface area (Å²) in [7, 11) is 0. The summed E-state index contributed by atoms with van der Waals surface area (Å²) in [6, 6.07) is 3.59. The lowest BCUT2D eigenvalue weighted by atomic mass is 9.90. The van der Waals surface area contributed by atoms with E-state index in [9.17, 15) is 0 Å². The van der Waals surface area contributed by atoms with Crippen molar-refractivity contribution >= 4 is 5.69 Å². The van der Waals surface area contributed by atoms with Crippen LogP contribution >= 0.6 is 0 Å². The lowest BCUT2D eigenvalue weighted by Gasteiger charge is -2.21. The van der Waals surface area contributed by atoms with Crippen LogP contribution in [0.15, 0.2) is 12.1 Å². The van der Waals surface area contributed by atoms with Crippen LogP contribution in [0.3, 0.4) is 0 Å². The highest BCUT2D eigenvalue weighted by atomic mass is 16.5. The van der Waals surface area contributed by atoms with Crippen molar-refractivity contribution in [2.75, 3.05) is 18.9 Å². The van der Waals surface area contributed by atoms with Gasteiger partial charge in [-0.3, -0.25) is 0 Å². The van der Waals surface area contributed by atoms with Crippen molar-refractivity contribution in [2.24, 2.45) is 5.92 Å². The SMILES string of the molecule is CCOc1nc(OCC2CCCCC2)ccc1N. The Morgan fingerprint density at radius 2 is 2.00 bits per heavy atom. The van der Waals surface area contributed by atoms with E-state index in [4.69, 9.17) is 15.2 Å². The smallest absolute Gasteiger partial charge is 0.240 e. The minimum atomic E-state index is 0.471. The number of hydrogen-bond donors (Lipinski definition) is 1. The fourth-order valence-electron chi connectivity index (χ4n) is 2.32. The van der Waals surface area contributed by atoms with E-state index in [1.807, 2.05) is 6.92 Å². The van der Waals surface area contributed by atoms with Gasteiger partial charge in [-0.1, -0.05) is 19.3 Å². The topological polar surface area (TPSA) is 57.4 Å². The van der Waals surface area contributed by atoms with Gasteiger partial charge in [0.15, 0.2) is 0 Å². The molecule has 1 aromatic rings. The summed E-state index contributed by atoms with van der Waals surface area (Å²) in [6.45, 7) is 3.22. The normalized spacial score (nSPS) is 16.5. The molecule has 100 valence electrons. The predicted octanol–water partition coefficient (Wildman–Crippen LogP) is 3.02. The van der Waals surface area contributed by atoms with Crippen LogP contribution in [0.25, 0.3) is 0 Å². The highest BCUT2D eigenvalue weighted by Crippen LogP contribution is 2.26. The molecular formula is C14H22N2O2. The number of nitrogen functional groups attached to an aromatic ring is 1. The van der Waals surface area contributed by atoms with E-state index in [0.29, 0.717) is 30.0 Å². The zero-order valence-corrected chi connectivity index (χ0v) is 11.0. The molecule has 0 amide bonds. The number of pyridine rings is 1. The largest absolute Gasteiger partial charge is 0.477 e. The monoisotopic (exact) mass is 250 g/mol. The number of aromatic nitrogens is 1. The van der Waals surface area contributed by atoms with Gasteiger partial charge in [-0.2, -0.15) is 4.98 Å². The van der Waals surface area contributed by atoms with Crippen LogP contribution < -0.4 is 15.2 Å². The van der Waals surface area contributed by atoms with Gasteiger partial charge in [-0.15, -0.1) is 0 Å². The van der Waals surface area contributed by atoms with Crippen LogP contribution in [0, 0.1) is 5.92 Å². The minimum Gasteiger partial charge on any atom is -0.477 e. The van der Waals surface area contributed by atoms with Crippen LogP contribution in [0.5, 0.6) is 11.8 Å². The van der Waals surface area contributed by atoms with E-state index in [2.05, 4.69) is 4.98 Å². The third kappa shape index (κ3) is 3.52. The molecule has 1 aliphatic carbocycles. The second kappa shape index (κ2) is 6.47. The first-order valence-corrected chi connectivity index (χ1v) is 6.81. The summed E-state index contributed by atoms with van der Waals surface area (Å²) in [6.07, 6.45) is 6.56. The molecule has 0 aromatic carbocycles.